The molecule has 2 heterocycles. The molecule has 104 heavy (non-hydrogen) atoms. The van der Waals surface area contributed by atoms with Gasteiger partial charge in [0.25, 0.3) is 0 Å². The van der Waals surface area contributed by atoms with E-state index in [1.165, 1.54) is 67.4 Å². The third-order valence-corrected chi connectivity index (χ3v) is 18.4. The predicted octanol–water partition coefficient (Wildman–Crippen LogP) is 3.35. The molecule has 8 rings (SSSR count). The second kappa shape index (κ2) is 37.9. The summed E-state index contributed by atoms with van der Waals surface area (Å²) < 4.78 is 0. The van der Waals surface area contributed by atoms with Crippen LogP contribution in [-0.4, -0.2) is 183 Å². The maximum Gasteiger partial charge on any atom is 0.245 e. The van der Waals surface area contributed by atoms with Crippen molar-refractivity contribution in [2.75, 3.05) is 33.3 Å². The van der Waals surface area contributed by atoms with Crippen molar-refractivity contribution in [2.45, 2.75) is 146 Å². The van der Waals surface area contributed by atoms with Crippen molar-refractivity contribution < 1.29 is 63.3 Å². The number of Topliss-reactive ketones (excluding diaryl/α,β-unsaturated/α-hetero) is 1. The van der Waals surface area contributed by atoms with E-state index in [1.54, 1.807) is 62.5 Å². The number of fused-ring (bicyclic) bond motifs is 2. The van der Waals surface area contributed by atoms with Gasteiger partial charge < -0.3 is 84.1 Å². The lowest BCUT2D eigenvalue weighted by Crippen LogP contribution is -2.62. The van der Waals surface area contributed by atoms with E-state index in [0.717, 1.165) is 15.7 Å². The van der Waals surface area contributed by atoms with E-state index in [0.29, 0.717) is 56.6 Å². The number of hydrogen-bond donors (Lipinski definition) is 15. The molecule has 1 aliphatic rings. The molecule has 0 bridgehead atoms. The van der Waals surface area contributed by atoms with E-state index in [1.807, 2.05) is 48.5 Å². The number of para-hydroxylation sites is 1. The Kier molecular flexibility index (Phi) is 28.7. The zero-order valence-corrected chi connectivity index (χ0v) is 59.3. The maximum absolute atomic E-state index is 15.4. The van der Waals surface area contributed by atoms with Gasteiger partial charge in [-0.3, -0.25) is 53.4 Å². The number of aromatic nitrogens is 1. The molecule has 9 amide bonds. The Balaban J connectivity index is 1.07. The number of aliphatic hydroxyl groups is 1. The van der Waals surface area contributed by atoms with Crippen molar-refractivity contribution in [1.29, 1.82) is 5.41 Å². The molecule has 1 fully saturated rings. The summed E-state index contributed by atoms with van der Waals surface area (Å²) >= 11 is 6.28. The van der Waals surface area contributed by atoms with Crippen molar-refractivity contribution in [3.05, 3.63) is 179 Å². The lowest BCUT2D eigenvalue weighted by atomic mass is 9.99. The van der Waals surface area contributed by atoms with Crippen molar-refractivity contribution in [3.8, 4) is 11.5 Å². The number of carbonyl (C=O) groups is 10. The molecule has 0 unspecified atom stereocenters. The smallest absolute Gasteiger partial charge is 0.245 e. The summed E-state index contributed by atoms with van der Waals surface area (Å²) in [7, 11) is 1.23. The first-order chi connectivity index (χ1) is 49.8. The van der Waals surface area contributed by atoms with Crippen LogP contribution in [0.4, 0.5) is 0 Å². The summed E-state index contributed by atoms with van der Waals surface area (Å²) in [4.78, 5) is 151. The van der Waals surface area contributed by atoms with Gasteiger partial charge in [0.15, 0.2) is 11.7 Å². The van der Waals surface area contributed by atoms with Gasteiger partial charge in [-0.25, -0.2) is 0 Å². The van der Waals surface area contributed by atoms with Crippen LogP contribution in [0.3, 0.4) is 0 Å². The van der Waals surface area contributed by atoms with E-state index in [-0.39, 0.29) is 107 Å². The lowest BCUT2D eigenvalue weighted by molar-refractivity contribution is -0.144. The van der Waals surface area contributed by atoms with Crippen molar-refractivity contribution in [3.63, 3.8) is 0 Å². The minimum atomic E-state index is -1.78. The highest BCUT2D eigenvalue weighted by atomic mass is 35.5. The number of carbonyl (C=O) groups excluding carboxylic acids is 10. The highest BCUT2D eigenvalue weighted by Gasteiger charge is 2.40. The average molecular weight is 1450 g/mol. The second-order valence-corrected chi connectivity index (χ2v) is 27.0. The molecule has 9 atom stereocenters. The fourth-order valence-electron chi connectivity index (χ4n) is 12.8. The molecular formula is C76H93ClN14O13. The number of halogens is 1. The molecular weight excluding hydrogens is 1350 g/mol. The zero-order chi connectivity index (χ0) is 75.1. The van der Waals surface area contributed by atoms with E-state index >= 15 is 24.0 Å². The SMILES string of the molecule is CC(=O)N[C@@H](Cc1ccc2ccccc2c1)C(=O)N[C@H](Cc1ccc(Cl)cc1)C(=O)N[C@H](Cc1c[nH]c2ccccc12)C(=O)N(C)[C@@H](CO)C(=O)N[C@@H](Cc1ccc(O)cc1)C(=O)N[C@H](Cc1ccc(O)cc1)C(=O)N[C@@H](CC(C)C)C(=O)N[C@@H](CCCNC(=N)N)C(=O)N1CCC[C@H]1C(=O)CCN. The van der Waals surface area contributed by atoms with Gasteiger partial charge in [-0.15, -0.1) is 0 Å². The van der Waals surface area contributed by atoms with Crippen LogP contribution >= 0.6 is 11.6 Å². The molecule has 7 aromatic rings. The normalized spacial score (nSPS) is 15.0. The molecule has 1 aromatic heterocycles. The van der Waals surface area contributed by atoms with Crippen LogP contribution in [0.15, 0.2) is 146 Å². The topological polar surface area (TPSA) is 426 Å². The molecule has 28 heteroatoms. The monoisotopic (exact) mass is 1440 g/mol. The summed E-state index contributed by atoms with van der Waals surface area (Å²) in [5.74, 6) is -8.18. The van der Waals surface area contributed by atoms with Crippen molar-refractivity contribution in [1.82, 2.24) is 57.3 Å². The minimum Gasteiger partial charge on any atom is -0.508 e. The van der Waals surface area contributed by atoms with E-state index in [9.17, 15) is 39.3 Å². The number of ketones is 1. The second-order valence-electron chi connectivity index (χ2n) is 26.6. The number of H-pyrrole nitrogens is 1. The number of amides is 9. The molecule has 6 aromatic carbocycles. The fourth-order valence-corrected chi connectivity index (χ4v) is 12.9. The number of aliphatic hydroxyl groups excluding tert-OH is 1. The molecule has 0 radical (unpaired) electrons. The van der Waals surface area contributed by atoms with Crippen LogP contribution in [0.2, 0.25) is 5.02 Å². The van der Waals surface area contributed by atoms with E-state index in [4.69, 9.17) is 28.5 Å². The molecule has 0 saturated carbocycles. The van der Waals surface area contributed by atoms with Crippen LogP contribution in [0.1, 0.15) is 87.1 Å². The van der Waals surface area contributed by atoms with Gasteiger partial charge in [0, 0.05) is 87.7 Å². The van der Waals surface area contributed by atoms with Crippen molar-refractivity contribution in [2.24, 2.45) is 17.4 Å². The third-order valence-electron chi connectivity index (χ3n) is 18.2. The van der Waals surface area contributed by atoms with Crippen molar-refractivity contribution >= 4 is 98.2 Å². The molecule has 552 valence electrons. The molecule has 0 spiro atoms. The number of aromatic amines is 1. The summed E-state index contributed by atoms with van der Waals surface area (Å²) in [5, 5.41) is 64.5. The van der Waals surface area contributed by atoms with Gasteiger partial charge in [-0.2, -0.15) is 0 Å². The first kappa shape index (κ1) is 78.8. The Labute approximate surface area is 607 Å². The first-order valence-electron chi connectivity index (χ1n) is 34.7. The maximum atomic E-state index is 15.4. The van der Waals surface area contributed by atoms with E-state index < -0.39 is 114 Å². The van der Waals surface area contributed by atoms with Crippen LogP contribution in [0.25, 0.3) is 21.7 Å². The Bertz CT molecular complexity index is 4180. The van der Waals surface area contributed by atoms with Crippen LogP contribution in [0, 0.1) is 11.3 Å². The Hall–Kier alpha value is -10.9. The Morgan fingerprint density at radius 2 is 1.11 bits per heavy atom. The number of hydrogen-bond acceptors (Lipinski definition) is 15. The summed E-state index contributed by atoms with van der Waals surface area (Å²) in [5.41, 5.74) is 14.6. The van der Waals surface area contributed by atoms with Crippen LogP contribution in [0.5, 0.6) is 11.5 Å². The predicted molar refractivity (Wildman–Crippen MR) is 393 cm³/mol. The Morgan fingerprint density at radius 3 is 1.66 bits per heavy atom. The number of rotatable bonds is 36. The number of aromatic hydroxyl groups is 2. The zero-order valence-electron chi connectivity index (χ0n) is 58.6. The fraction of sp³-hybridized carbons (Fsp3) is 0.382. The number of nitrogens with one attached hydrogen (secondary N) is 10. The average Bonchev–Trinajstić information content (AvgIpc) is 1.55. The number of phenolic OH excluding ortho intramolecular Hbond substituents is 2. The first-order valence-corrected chi connectivity index (χ1v) is 35.1. The number of nitrogens with two attached hydrogens (primary N) is 2. The van der Waals surface area contributed by atoms with Gasteiger partial charge >= 0.3 is 0 Å². The quantitative estimate of drug-likeness (QED) is 0.0152. The summed E-state index contributed by atoms with van der Waals surface area (Å²) in [6, 6.07) is 26.1. The van der Waals surface area contributed by atoms with Gasteiger partial charge in [0.2, 0.25) is 53.2 Å². The standard InChI is InChI=1S/C76H93ClN14O13/c1-44(2)35-59(68(97)84-58(15-9-33-81-76(79)80)75(104)91-34-10-16-65(91)67(96)31-32-78)85-70(99)61(38-47-20-27-54(94)28-21-47)87-71(100)63(39-48-22-29-55(95)30-23-48)88-73(102)66(43-92)90(4)74(103)64(41-52-42-82-57-14-8-7-13-56(52)57)89-72(101)62(37-46-18-25-53(77)26-19-46)86-69(98)60(83-45(3)93)40-49-17-24-50-11-5-6-12-51(50)36-49/h5-8,11-14,17-30,36,42,44,58-66,82,92,94-95H,9-10,15-16,31-35,37-41,43,78H2,1-4H3,(H,83,93)(H,84,97)(H,85,99)(H,86,98)(H,87,100)(H,88,102)(H,89,101)(H4,79,80,81)/t58-,59-,60-,61+,62+,63-,64+,65-,66-/m0/s1. The molecule has 1 aliphatic heterocycles. The van der Waals surface area contributed by atoms with E-state index in [2.05, 4.69) is 47.5 Å². The molecule has 1 saturated heterocycles. The summed E-state index contributed by atoms with van der Waals surface area (Å²) in [6.07, 6.45) is 2.10. The number of guanidine groups is 1. The number of likely N-dealkylation sites (N-methyl/N-ethyl adjacent to an activating group) is 1. The van der Waals surface area contributed by atoms with Gasteiger partial charge in [0.05, 0.1) is 12.6 Å². The molecule has 0 aliphatic carbocycles. The largest absolute Gasteiger partial charge is 0.508 e. The highest BCUT2D eigenvalue weighted by Crippen LogP contribution is 2.25. The lowest BCUT2D eigenvalue weighted by Gasteiger charge is -2.32. The highest BCUT2D eigenvalue weighted by molar-refractivity contribution is 6.30. The Morgan fingerprint density at radius 1 is 0.615 bits per heavy atom. The van der Waals surface area contributed by atoms with Crippen LogP contribution in [-0.2, 0) is 80.0 Å². The summed E-state index contributed by atoms with van der Waals surface area (Å²) in [6.45, 7) is 4.33. The molecule has 17 N–H and O–H groups in total. The number of benzene rings is 6. The molecule has 27 nitrogen and oxygen atoms in total. The minimum absolute atomic E-state index is 0.0282. The third kappa shape index (κ3) is 22.5. The number of nitrogens with zero attached hydrogens (tertiary/aromatic N) is 2. The van der Waals surface area contributed by atoms with Crippen LogP contribution < -0.4 is 54.0 Å². The number of likely N-dealkylation sites (tertiary alicyclic amines) is 1. The van der Waals surface area contributed by atoms with Gasteiger partial charge in [-0.1, -0.05) is 123 Å². The van der Waals surface area contributed by atoms with Gasteiger partial charge in [0.1, 0.15) is 59.8 Å². The van der Waals surface area contributed by atoms with Gasteiger partial charge in [-0.05, 0) is 126 Å². The number of phenols is 2.